The Kier molecular flexibility index (Phi) is 6.85. The molecule has 1 unspecified atom stereocenters. The molecule has 1 fully saturated rings. The molecule has 1 amide bonds. The number of carbonyl (C=O) groups is 3. The number of carbonyl (C=O) groups excluding carboxylic acids is 1. The van der Waals surface area contributed by atoms with Gasteiger partial charge in [-0.15, -0.1) is 0 Å². The number of nitrogens with zero attached hydrogens (tertiary/aromatic N) is 1. The number of fused-ring (bicyclic) bond motifs is 1. The molecule has 1 atom stereocenters. The van der Waals surface area contributed by atoms with E-state index in [4.69, 9.17) is 10.8 Å². The quantitative estimate of drug-likeness (QED) is 0.280. The summed E-state index contributed by atoms with van der Waals surface area (Å²) in [6.45, 7) is 0. The number of benzene rings is 1. The molecular formula is C24H27N5O6. The summed E-state index contributed by atoms with van der Waals surface area (Å²) in [5, 5.41) is 21.9. The molecule has 11 nitrogen and oxygen atoms in total. The second kappa shape index (κ2) is 10.00. The van der Waals surface area contributed by atoms with Crippen molar-refractivity contribution in [3.05, 3.63) is 57.5 Å². The summed E-state index contributed by atoms with van der Waals surface area (Å²) in [5.41, 5.74) is 7.77. The van der Waals surface area contributed by atoms with Gasteiger partial charge in [-0.3, -0.25) is 19.4 Å². The minimum atomic E-state index is -1.13. The van der Waals surface area contributed by atoms with Crippen molar-refractivity contribution < 1.29 is 24.6 Å². The molecule has 3 aromatic rings. The van der Waals surface area contributed by atoms with Crippen molar-refractivity contribution in [2.45, 2.75) is 44.6 Å². The Labute approximate surface area is 199 Å². The van der Waals surface area contributed by atoms with Crippen LogP contribution in [0.25, 0.3) is 11.0 Å². The first-order chi connectivity index (χ1) is 16.7. The SMILES string of the molecule is Nc1nc2[nH]cc(CCc3ccc(C(=O)NC(C(=O)O)C4CCC(C(=O)O)CC4)cc3)c2c(=O)[nH]1. The minimum absolute atomic E-state index is 0.0443. The summed E-state index contributed by atoms with van der Waals surface area (Å²) in [4.78, 5) is 57.4. The summed E-state index contributed by atoms with van der Waals surface area (Å²) in [7, 11) is 0. The molecule has 0 bridgehead atoms. The number of nitrogen functional groups attached to an aromatic ring is 1. The third kappa shape index (κ3) is 5.34. The Balaban J connectivity index is 1.37. The van der Waals surface area contributed by atoms with E-state index in [0.717, 1.165) is 11.1 Å². The van der Waals surface area contributed by atoms with Crippen LogP contribution in [0.15, 0.2) is 35.3 Å². The number of nitrogens with one attached hydrogen (secondary N) is 3. The van der Waals surface area contributed by atoms with Gasteiger partial charge in [0.15, 0.2) is 0 Å². The number of aliphatic carboxylic acids is 2. The molecule has 1 aromatic carbocycles. The van der Waals surface area contributed by atoms with Crippen LogP contribution in [0.1, 0.15) is 47.2 Å². The van der Waals surface area contributed by atoms with Crippen LogP contribution in [0.4, 0.5) is 5.95 Å². The van der Waals surface area contributed by atoms with Gasteiger partial charge in [-0.2, -0.15) is 4.98 Å². The fraction of sp³-hybridized carbons (Fsp3) is 0.375. The number of anilines is 1. The molecule has 7 N–H and O–H groups in total. The van der Waals surface area contributed by atoms with Gasteiger partial charge in [0.25, 0.3) is 11.5 Å². The second-order valence-corrected chi connectivity index (χ2v) is 8.92. The first kappa shape index (κ1) is 24.0. The molecule has 0 spiro atoms. The highest BCUT2D eigenvalue weighted by atomic mass is 16.4. The lowest BCUT2D eigenvalue weighted by Crippen LogP contribution is -2.47. The van der Waals surface area contributed by atoms with Gasteiger partial charge in [-0.05, 0) is 67.7 Å². The molecule has 1 aliphatic carbocycles. The Morgan fingerprint density at radius 2 is 1.77 bits per heavy atom. The van der Waals surface area contributed by atoms with Gasteiger partial charge in [-0.25, -0.2) is 4.79 Å². The largest absolute Gasteiger partial charge is 0.481 e. The number of aryl methyl sites for hydroxylation is 2. The third-order valence-corrected chi connectivity index (χ3v) is 6.69. The normalized spacial score (nSPS) is 18.7. The minimum Gasteiger partial charge on any atom is -0.481 e. The molecule has 0 radical (unpaired) electrons. The lowest BCUT2D eigenvalue weighted by Gasteiger charge is -2.30. The molecule has 2 aromatic heterocycles. The first-order valence-electron chi connectivity index (χ1n) is 11.4. The number of aromatic amines is 2. The van der Waals surface area contributed by atoms with Crippen LogP contribution in [0.5, 0.6) is 0 Å². The molecule has 2 heterocycles. The average Bonchev–Trinajstić information content (AvgIpc) is 3.24. The van der Waals surface area contributed by atoms with E-state index in [1.54, 1.807) is 30.5 Å². The maximum absolute atomic E-state index is 12.7. The van der Waals surface area contributed by atoms with Crippen molar-refractivity contribution in [1.29, 1.82) is 0 Å². The third-order valence-electron chi connectivity index (χ3n) is 6.69. The van der Waals surface area contributed by atoms with E-state index in [0.29, 0.717) is 55.1 Å². The summed E-state index contributed by atoms with van der Waals surface area (Å²) in [5.74, 6) is -3.20. The summed E-state index contributed by atoms with van der Waals surface area (Å²) < 4.78 is 0. The molecule has 0 saturated heterocycles. The standard InChI is InChI=1S/C24H27N5O6/c25-24-28-19-17(21(31)29-24)16(11-26-19)6-3-12-1-4-14(5-2-12)20(30)27-18(23(34)35)13-7-9-15(10-8-13)22(32)33/h1-2,4-5,11,13,15,18H,3,6-10H2,(H,27,30)(H,32,33)(H,34,35)(H4,25,26,28,29,31). The summed E-state index contributed by atoms with van der Waals surface area (Å²) in [6.07, 6.45) is 4.59. The number of carboxylic acid groups (broad SMARTS) is 2. The van der Waals surface area contributed by atoms with Gasteiger partial charge >= 0.3 is 11.9 Å². The molecule has 35 heavy (non-hydrogen) atoms. The lowest BCUT2D eigenvalue weighted by molar-refractivity contribution is -0.143. The highest BCUT2D eigenvalue weighted by Crippen LogP contribution is 2.31. The van der Waals surface area contributed by atoms with E-state index in [1.165, 1.54) is 0 Å². The fourth-order valence-corrected chi connectivity index (χ4v) is 4.72. The molecular weight excluding hydrogens is 454 g/mol. The number of carboxylic acids is 2. The van der Waals surface area contributed by atoms with Gasteiger partial charge < -0.3 is 26.2 Å². The van der Waals surface area contributed by atoms with Gasteiger partial charge in [0.2, 0.25) is 5.95 Å². The van der Waals surface area contributed by atoms with Crippen molar-refractivity contribution in [3.63, 3.8) is 0 Å². The van der Waals surface area contributed by atoms with Crippen LogP contribution >= 0.6 is 0 Å². The number of amides is 1. The van der Waals surface area contributed by atoms with Crippen molar-refractivity contribution >= 4 is 34.8 Å². The van der Waals surface area contributed by atoms with Crippen LogP contribution in [-0.4, -0.2) is 49.1 Å². The van der Waals surface area contributed by atoms with Crippen molar-refractivity contribution in [2.24, 2.45) is 11.8 Å². The van der Waals surface area contributed by atoms with E-state index in [-0.39, 0.29) is 17.4 Å². The Hall–Kier alpha value is -4.15. The van der Waals surface area contributed by atoms with Crippen molar-refractivity contribution in [1.82, 2.24) is 20.3 Å². The number of hydrogen-bond acceptors (Lipinski definition) is 6. The van der Waals surface area contributed by atoms with Crippen LogP contribution in [-0.2, 0) is 22.4 Å². The number of nitrogens with two attached hydrogens (primary N) is 1. The number of H-pyrrole nitrogens is 2. The fourth-order valence-electron chi connectivity index (χ4n) is 4.72. The van der Waals surface area contributed by atoms with E-state index in [1.807, 2.05) is 0 Å². The zero-order valence-electron chi connectivity index (χ0n) is 18.9. The number of aromatic nitrogens is 3. The molecule has 11 heteroatoms. The van der Waals surface area contributed by atoms with E-state index in [2.05, 4.69) is 20.3 Å². The maximum atomic E-state index is 12.7. The first-order valence-corrected chi connectivity index (χ1v) is 11.4. The van der Waals surface area contributed by atoms with Crippen molar-refractivity contribution in [3.8, 4) is 0 Å². The summed E-state index contributed by atoms with van der Waals surface area (Å²) in [6, 6.07) is 5.78. The summed E-state index contributed by atoms with van der Waals surface area (Å²) >= 11 is 0. The van der Waals surface area contributed by atoms with Gasteiger partial charge in [0.1, 0.15) is 11.7 Å². The van der Waals surface area contributed by atoms with E-state index >= 15 is 0 Å². The van der Waals surface area contributed by atoms with Crippen molar-refractivity contribution in [2.75, 3.05) is 5.73 Å². The zero-order valence-corrected chi connectivity index (χ0v) is 18.9. The predicted molar refractivity (Wildman–Crippen MR) is 127 cm³/mol. The van der Waals surface area contributed by atoms with Crippen LogP contribution in [0.3, 0.4) is 0 Å². The number of hydrogen-bond donors (Lipinski definition) is 6. The monoisotopic (exact) mass is 481 g/mol. The molecule has 4 rings (SSSR count). The van der Waals surface area contributed by atoms with Gasteiger partial charge in [-0.1, -0.05) is 12.1 Å². The Morgan fingerprint density at radius 1 is 1.09 bits per heavy atom. The Bertz CT molecular complexity index is 1300. The second-order valence-electron chi connectivity index (χ2n) is 8.92. The predicted octanol–water partition coefficient (Wildman–Crippen LogP) is 1.69. The molecule has 1 aliphatic rings. The number of rotatable bonds is 8. The zero-order chi connectivity index (χ0) is 25.1. The lowest BCUT2D eigenvalue weighted by atomic mass is 9.78. The average molecular weight is 482 g/mol. The van der Waals surface area contributed by atoms with Gasteiger partial charge in [0.05, 0.1) is 11.3 Å². The van der Waals surface area contributed by atoms with E-state index in [9.17, 15) is 24.3 Å². The topological polar surface area (TPSA) is 191 Å². The highest BCUT2D eigenvalue weighted by molar-refractivity contribution is 5.96. The van der Waals surface area contributed by atoms with E-state index < -0.39 is 29.8 Å². The Morgan fingerprint density at radius 3 is 2.40 bits per heavy atom. The van der Waals surface area contributed by atoms with Crippen LogP contribution in [0, 0.1) is 11.8 Å². The molecule has 184 valence electrons. The molecule has 1 saturated carbocycles. The molecule has 0 aliphatic heterocycles. The van der Waals surface area contributed by atoms with Crippen LogP contribution < -0.4 is 16.6 Å². The highest BCUT2D eigenvalue weighted by Gasteiger charge is 2.35. The maximum Gasteiger partial charge on any atom is 0.326 e. The smallest absolute Gasteiger partial charge is 0.326 e. The van der Waals surface area contributed by atoms with Gasteiger partial charge in [0, 0.05) is 11.8 Å². The van der Waals surface area contributed by atoms with Crippen LogP contribution in [0.2, 0.25) is 0 Å².